The number of ether oxygens (including phenoxy) is 1. The Hall–Kier alpha value is -2.03. The van der Waals surface area contributed by atoms with Crippen molar-refractivity contribution in [3.05, 3.63) is 59.4 Å². The number of benzene rings is 2. The van der Waals surface area contributed by atoms with Crippen LogP contribution in [0, 0.1) is 5.82 Å². The lowest BCUT2D eigenvalue weighted by Gasteiger charge is -2.27. The zero-order chi connectivity index (χ0) is 13.9. The molecule has 0 saturated carbocycles. The first-order valence-electron chi connectivity index (χ1n) is 6.96. The number of rotatable bonds is 3. The van der Waals surface area contributed by atoms with Crippen LogP contribution in [0.15, 0.2) is 42.5 Å². The fraction of sp³-hybridized carbons (Fsp3) is 0.294. The zero-order valence-corrected chi connectivity index (χ0v) is 11.5. The topological polar surface area (TPSA) is 21.3 Å². The van der Waals surface area contributed by atoms with Crippen molar-refractivity contribution in [3.63, 3.8) is 0 Å². The lowest BCUT2D eigenvalue weighted by atomic mass is 9.87. The molecule has 3 rings (SSSR count). The Kier molecular flexibility index (Phi) is 3.59. The van der Waals surface area contributed by atoms with E-state index in [1.807, 2.05) is 0 Å². The molecule has 0 aromatic heterocycles. The molecule has 104 valence electrons. The molecule has 3 heteroatoms. The predicted molar refractivity (Wildman–Crippen MR) is 78.7 cm³/mol. The molecule has 0 saturated heterocycles. The van der Waals surface area contributed by atoms with Crippen molar-refractivity contribution in [1.82, 2.24) is 0 Å². The van der Waals surface area contributed by atoms with Crippen LogP contribution in [0.25, 0.3) is 0 Å². The van der Waals surface area contributed by atoms with Gasteiger partial charge < -0.3 is 10.1 Å². The second-order valence-electron chi connectivity index (χ2n) is 5.13. The van der Waals surface area contributed by atoms with Crippen LogP contribution in [0.4, 0.5) is 10.1 Å². The zero-order valence-electron chi connectivity index (χ0n) is 11.5. The van der Waals surface area contributed by atoms with E-state index in [0.29, 0.717) is 5.75 Å². The van der Waals surface area contributed by atoms with E-state index < -0.39 is 0 Å². The van der Waals surface area contributed by atoms with Gasteiger partial charge in [-0.2, -0.15) is 0 Å². The fourth-order valence-corrected chi connectivity index (χ4v) is 2.88. The fourth-order valence-electron chi connectivity index (χ4n) is 2.88. The van der Waals surface area contributed by atoms with E-state index in [0.717, 1.165) is 24.9 Å². The smallest absolute Gasteiger partial charge is 0.144 e. The summed E-state index contributed by atoms with van der Waals surface area (Å²) in [4.78, 5) is 0. The maximum Gasteiger partial charge on any atom is 0.144 e. The van der Waals surface area contributed by atoms with Crippen molar-refractivity contribution in [1.29, 1.82) is 0 Å². The van der Waals surface area contributed by atoms with Crippen molar-refractivity contribution in [2.45, 2.75) is 25.3 Å². The summed E-state index contributed by atoms with van der Waals surface area (Å²) in [6.45, 7) is 0. The number of hydrogen-bond acceptors (Lipinski definition) is 2. The van der Waals surface area contributed by atoms with Gasteiger partial charge in [0, 0.05) is 6.07 Å². The Bertz CT molecular complexity index is 612. The van der Waals surface area contributed by atoms with Gasteiger partial charge in [0.25, 0.3) is 0 Å². The normalized spacial score (nSPS) is 17.4. The molecule has 0 bridgehead atoms. The van der Waals surface area contributed by atoms with E-state index >= 15 is 0 Å². The molecule has 0 heterocycles. The highest BCUT2D eigenvalue weighted by Crippen LogP contribution is 2.35. The standard InChI is InChI=1S/C17H18FNO/c1-20-17-11-13(18)9-10-16(17)19-15-8-4-6-12-5-2-3-7-14(12)15/h2-3,5,7,9-11,15,19H,4,6,8H2,1H3. The third-order valence-corrected chi connectivity index (χ3v) is 3.86. The van der Waals surface area contributed by atoms with Gasteiger partial charge in [-0.1, -0.05) is 24.3 Å². The molecular formula is C17H18FNO. The molecule has 1 atom stereocenters. The summed E-state index contributed by atoms with van der Waals surface area (Å²) in [6, 6.07) is 13.4. The van der Waals surface area contributed by atoms with Gasteiger partial charge in [-0.05, 0) is 42.5 Å². The molecule has 0 amide bonds. The van der Waals surface area contributed by atoms with Crippen molar-refractivity contribution in [3.8, 4) is 5.75 Å². The highest BCUT2D eigenvalue weighted by atomic mass is 19.1. The number of fused-ring (bicyclic) bond motifs is 1. The Labute approximate surface area is 118 Å². The largest absolute Gasteiger partial charge is 0.494 e. The minimum atomic E-state index is -0.281. The van der Waals surface area contributed by atoms with Gasteiger partial charge in [-0.3, -0.25) is 0 Å². The lowest BCUT2D eigenvalue weighted by molar-refractivity contribution is 0.412. The van der Waals surface area contributed by atoms with Gasteiger partial charge >= 0.3 is 0 Å². The molecule has 0 aliphatic heterocycles. The van der Waals surface area contributed by atoms with Crippen molar-refractivity contribution >= 4 is 5.69 Å². The molecule has 2 aromatic rings. The molecule has 0 spiro atoms. The third kappa shape index (κ3) is 2.48. The van der Waals surface area contributed by atoms with Crippen molar-refractivity contribution < 1.29 is 9.13 Å². The maximum atomic E-state index is 13.2. The lowest BCUT2D eigenvalue weighted by Crippen LogP contribution is -2.17. The van der Waals surface area contributed by atoms with E-state index in [2.05, 4.69) is 29.6 Å². The molecule has 0 radical (unpaired) electrons. The molecule has 2 nitrogen and oxygen atoms in total. The van der Waals surface area contributed by atoms with E-state index in [1.54, 1.807) is 13.2 Å². The third-order valence-electron chi connectivity index (χ3n) is 3.86. The van der Waals surface area contributed by atoms with Gasteiger partial charge in [0.1, 0.15) is 11.6 Å². The summed E-state index contributed by atoms with van der Waals surface area (Å²) in [5.74, 6) is 0.268. The van der Waals surface area contributed by atoms with Crippen LogP contribution in [0.2, 0.25) is 0 Å². The summed E-state index contributed by atoms with van der Waals surface area (Å²) in [5.41, 5.74) is 3.58. The summed E-state index contributed by atoms with van der Waals surface area (Å²) < 4.78 is 18.5. The first kappa shape index (κ1) is 13.0. The monoisotopic (exact) mass is 271 g/mol. The Balaban J connectivity index is 1.89. The van der Waals surface area contributed by atoms with Crippen LogP contribution >= 0.6 is 0 Å². The average molecular weight is 271 g/mol. The van der Waals surface area contributed by atoms with E-state index in [1.165, 1.54) is 23.3 Å². The minimum Gasteiger partial charge on any atom is -0.494 e. The number of anilines is 1. The summed E-state index contributed by atoms with van der Waals surface area (Å²) in [5, 5.41) is 3.49. The number of aryl methyl sites for hydroxylation is 1. The first-order valence-corrected chi connectivity index (χ1v) is 6.96. The van der Waals surface area contributed by atoms with Crippen LogP contribution in [0.3, 0.4) is 0 Å². The van der Waals surface area contributed by atoms with Crippen LogP contribution < -0.4 is 10.1 Å². The van der Waals surface area contributed by atoms with Gasteiger partial charge in [0.2, 0.25) is 0 Å². The number of hydrogen-bond donors (Lipinski definition) is 1. The molecule has 2 aromatic carbocycles. The number of nitrogens with one attached hydrogen (secondary N) is 1. The summed E-state index contributed by atoms with van der Waals surface area (Å²) in [6.07, 6.45) is 3.38. The Morgan fingerprint density at radius 3 is 2.90 bits per heavy atom. The molecule has 1 unspecified atom stereocenters. The van der Waals surface area contributed by atoms with E-state index in [4.69, 9.17) is 4.74 Å². The predicted octanol–water partition coefficient (Wildman–Crippen LogP) is 4.32. The molecule has 0 fully saturated rings. The van der Waals surface area contributed by atoms with Crippen LogP contribution in [-0.2, 0) is 6.42 Å². The molecule has 1 aliphatic carbocycles. The van der Waals surface area contributed by atoms with Crippen LogP contribution in [0.1, 0.15) is 30.0 Å². The Morgan fingerprint density at radius 1 is 1.20 bits per heavy atom. The first-order chi connectivity index (χ1) is 9.78. The van der Waals surface area contributed by atoms with Gasteiger partial charge in [-0.15, -0.1) is 0 Å². The average Bonchev–Trinajstić information content (AvgIpc) is 2.49. The van der Waals surface area contributed by atoms with Gasteiger partial charge in [0.15, 0.2) is 0 Å². The minimum absolute atomic E-state index is 0.263. The molecule has 1 aliphatic rings. The quantitative estimate of drug-likeness (QED) is 0.897. The van der Waals surface area contributed by atoms with E-state index in [-0.39, 0.29) is 11.9 Å². The number of halogens is 1. The SMILES string of the molecule is COc1cc(F)ccc1NC1CCCc2ccccc21. The van der Waals surface area contributed by atoms with Gasteiger partial charge in [0.05, 0.1) is 18.8 Å². The second-order valence-corrected chi connectivity index (χ2v) is 5.13. The number of methoxy groups -OCH3 is 1. The van der Waals surface area contributed by atoms with Crippen molar-refractivity contribution in [2.24, 2.45) is 0 Å². The van der Waals surface area contributed by atoms with Crippen LogP contribution in [-0.4, -0.2) is 7.11 Å². The summed E-state index contributed by atoms with van der Waals surface area (Å²) >= 11 is 0. The highest BCUT2D eigenvalue weighted by molar-refractivity contribution is 5.58. The molecule has 20 heavy (non-hydrogen) atoms. The second kappa shape index (κ2) is 5.53. The van der Waals surface area contributed by atoms with Crippen molar-refractivity contribution in [2.75, 3.05) is 12.4 Å². The molecule has 1 N–H and O–H groups in total. The Morgan fingerprint density at radius 2 is 2.05 bits per heavy atom. The maximum absolute atomic E-state index is 13.2. The van der Waals surface area contributed by atoms with E-state index in [9.17, 15) is 4.39 Å². The van der Waals surface area contributed by atoms with Gasteiger partial charge in [-0.25, -0.2) is 4.39 Å². The van der Waals surface area contributed by atoms with Crippen LogP contribution in [0.5, 0.6) is 5.75 Å². The highest BCUT2D eigenvalue weighted by Gasteiger charge is 2.20. The molecular weight excluding hydrogens is 253 g/mol. The summed E-state index contributed by atoms with van der Waals surface area (Å²) in [7, 11) is 1.56.